The molecule has 0 atom stereocenters. The van der Waals surface area contributed by atoms with E-state index in [4.69, 9.17) is 29.5 Å². The molecule has 0 bridgehead atoms. The van der Waals surface area contributed by atoms with Gasteiger partial charge in [-0.25, -0.2) is 0 Å². The van der Waals surface area contributed by atoms with Crippen LogP contribution in [0.1, 0.15) is 12.5 Å². The number of hydrogen-bond acceptors (Lipinski definition) is 0. The maximum atomic E-state index is 4.95. The Bertz CT molecular complexity index is 406. The summed E-state index contributed by atoms with van der Waals surface area (Å²) in [4.78, 5) is 0. The molecule has 0 fully saturated rings. The van der Waals surface area contributed by atoms with Crippen LogP contribution in [-0.4, -0.2) is 0 Å². The first-order valence-corrected chi connectivity index (χ1v) is 10.3. The Balaban J connectivity index is 0.000000245. The molecular formula is C11H11Cl3V-. The van der Waals surface area contributed by atoms with Gasteiger partial charge < -0.3 is 0 Å². The average molecular weight is 301 g/mol. The van der Waals surface area contributed by atoms with E-state index in [0.717, 1.165) is 6.42 Å². The van der Waals surface area contributed by atoms with Gasteiger partial charge in [0.1, 0.15) is 0 Å². The molecule has 4 heteroatoms. The number of rotatable bonds is 1. The summed E-state index contributed by atoms with van der Waals surface area (Å²) < 4.78 is 0. The summed E-state index contributed by atoms with van der Waals surface area (Å²) in [5, 5.41) is 2.78. The molecule has 0 heterocycles. The standard InChI is InChI=1S/C11H11.3ClH.V/c1-2-9-7-8-10-5-3-4-6-11(9)10;;;;/h3-8H,2H2,1H3;3*1H;/q-1;;;;+3/p-3. The van der Waals surface area contributed by atoms with E-state index in [0.29, 0.717) is 0 Å². The van der Waals surface area contributed by atoms with Gasteiger partial charge in [-0.3, -0.25) is 0 Å². The van der Waals surface area contributed by atoms with E-state index < -0.39 is 12.3 Å². The summed E-state index contributed by atoms with van der Waals surface area (Å²) in [6.07, 6.45) is 1.13. The fourth-order valence-corrected chi connectivity index (χ4v) is 1.52. The van der Waals surface area contributed by atoms with Gasteiger partial charge in [-0.1, -0.05) is 19.4 Å². The molecule has 82 valence electrons. The van der Waals surface area contributed by atoms with Crippen LogP contribution in [0.25, 0.3) is 10.8 Å². The zero-order valence-electron chi connectivity index (χ0n) is 8.25. The summed E-state index contributed by atoms with van der Waals surface area (Å²) in [5.74, 6) is 0. The van der Waals surface area contributed by atoms with Crippen LogP contribution in [0, 0.1) is 0 Å². The Morgan fingerprint density at radius 2 is 1.73 bits per heavy atom. The van der Waals surface area contributed by atoms with Crippen molar-refractivity contribution < 1.29 is 12.3 Å². The summed E-state index contributed by atoms with van der Waals surface area (Å²) in [6.45, 7) is 2.20. The van der Waals surface area contributed by atoms with Crippen LogP contribution in [0.4, 0.5) is 0 Å². The third kappa shape index (κ3) is 4.34. The first kappa shape index (κ1) is 13.3. The van der Waals surface area contributed by atoms with Crippen molar-refractivity contribution in [1.29, 1.82) is 0 Å². The van der Waals surface area contributed by atoms with E-state index in [1.54, 1.807) is 0 Å². The molecule has 0 nitrogen and oxygen atoms in total. The van der Waals surface area contributed by atoms with Crippen LogP contribution in [0.2, 0.25) is 0 Å². The zero-order valence-corrected chi connectivity index (χ0v) is 11.9. The van der Waals surface area contributed by atoms with Crippen molar-refractivity contribution in [3.05, 3.63) is 42.0 Å². The first-order valence-electron chi connectivity index (χ1n) is 4.56. The third-order valence-electron chi connectivity index (χ3n) is 2.15. The Labute approximate surface area is 107 Å². The third-order valence-corrected chi connectivity index (χ3v) is 2.15. The molecule has 0 N–H and O–H groups in total. The van der Waals surface area contributed by atoms with Crippen LogP contribution in [0.5, 0.6) is 0 Å². The average Bonchev–Trinajstić information content (AvgIpc) is 2.59. The molecule has 0 aliphatic carbocycles. The number of hydrogen-bond donors (Lipinski definition) is 0. The number of benzene rings is 1. The van der Waals surface area contributed by atoms with Gasteiger partial charge in [0.2, 0.25) is 0 Å². The van der Waals surface area contributed by atoms with Crippen molar-refractivity contribution in [2.75, 3.05) is 0 Å². The van der Waals surface area contributed by atoms with Crippen LogP contribution in [-0.2, 0) is 18.7 Å². The first-order chi connectivity index (χ1) is 7.15. The minimum absolute atomic E-state index is 1.13. The van der Waals surface area contributed by atoms with E-state index in [1.165, 1.54) is 16.3 Å². The summed E-state index contributed by atoms with van der Waals surface area (Å²) in [6, 6.07) is 12.9. The quantitative estimate of drug-likeness (QED) is 0.636. The molecular weight excluding hydrogens is 289 g/mol. The molecule has 0 unspecified atom stereocenters. The van der Waals surface area contributed by atoms with Gasteiger partial charge in [0.05, 0.1) is 0 Å². The van der Waals surface area contributed by atoms with Gasteiger partial charge in [-0.05, 0) is 0 Å². The van der Waals surface area contributed by atoms with E-state index in [9.17, 15) is 0 Å². The van der Waals surface area contributed by atoms with Crippen molar-refractivity contribution in [2.24, 2.45) is 0 Å². The zero-order chi connectivity index (χ0) is 11.3. The summed E-state index contributed by atoms with van der Waals surface area (Å²) in [7, 11) is 14.9. The normalized spacial score (nSPS) is 10.2. The molecule has 0 amide bonds. The Hall–Kier alpha value is 0.284. The van der Waals surface area contributed by atoms with Gasteiger partial charge in [0.15, 0.2) is 0 Å². The SMILES string of the molecule is CC[c-]1ccc2ccccc21.[Cl][V]([Cl])[Cl]. The van der Waals surface area contributed by atoms with Crippen LogP contribution >= 0.6 is 29.5 Å². The minimum atomic E-state index is -1.77. The molecule has 0 aliphatic rings. The Morgan fingerprint density at radius 1 is 1.13 bits per heavy atom. The van der Waals surface area contributed by atoms with Gasteiger partial charge >= 0.3 is 41.8 Å². The fraction of sp³-hybridized carbons (Fsp3) is 0.182. The molecule has 0 saturated carbocycles. The molecule has 0 aromatic heterocycles. The number of fused-ring (bicyclic) bond motifs is 1. The van der Waals surface area contributed by atoms with Crippen LogP contribution in [0.3, 0.4) is 0 Å². The van der Waals surface area contributed by atoms with Gasteiger partial charge in [0, 0.05) is 0 Å². The molecule has 2 aromatic carbocycles. The van der Waals surface area contributed by atoms with Crippen molar-refractivity contribution in [3.8, 4) is 0 Å². The number of aryl methyl sites for hydroxylation is 1. The second-order valence-corrected chi connectivity index (χ2v) is 9.91. The van der Waals surface area contributed by atoms with Crippen LogP contribution in [0.15, 0.2) is 36.4 Å². The molecule has 0 saturated heterocycles. The summed E-state index contributed by atoms with van der Waals surface area (Å²) >= 11 is -1.77. The van der Waals surface area contributed by atoms with Gasteiger partial charge in [0.25, 0.3) is 0 Å². The van der Waals surface area contributed by atoms with Crippen molar-refractivity contribution in [3.63, 3.8) is 0 Å². The molecule has 2 aromatic rings. The molecule has 2 rings (SSSR count). The Kier molecular flexibility index (Phi) is 6.03. The fourth-order valence-electron chi connectivity index (χ4n) is 1.52. The van der Waals surface area contributed by atoms with E-state index in [-0.39, 0.29) is 0 Å². The predicted molar refractivity (Wildman–Crippen MR) is 66.5 cm³/mol. The number of halogens is 3. The molecule has 0 aliphatic heterocycles. The van der Waals surface area contributed by atoms with Gasteiger partial charge in [-0.2, -0.15) is 6.07 Å². The van der Waals surface area contributed by atoms with E-state index >= 15 is 0 Å². The summed E-state index contributed by atoms with van der Waals surface area (Å²) in [5.41, 5.74) is 1.46. The molecule has 0 radical (unpaired) electrons. The molecule has 0 spiro atoms. The van der Waals surface area contributed by atoms with Crippen molar-refractivity contribution in [2.45, 2.75) is 13.3 Å². The van der Waals surface area contributed by atoms with Crippen molar-refractivity contribution >= 4 is 40.3 Å². The second-order valence-electron chi connectivity index (χ2n) is 2.99. The second kappa shape index (κ2) is 6.78. The maximum absolute atomic E-state index is 4.95. The van der Waals surface area contributed by atoms with Gasteiger partial charge in [-0.15, -0.1) is 40.6 Å². The van der Waals surface area contributed by atoms with E-state index in [1.807, 2.05) is 0 Å². The predicted octanol–water partition coefficient (Wildman–Crippen LogP) is 5.19. The monoisotopic (exact) mass is 299 g/mol. The van der Waals surface area contributed by atoms with E-state index in [2.05, 4.69) is 43.3 Å². The van der Waals surface area contributed by atoms with Crippen molar-refractivity contribution in [1.82, 2.24) is 0 Å². The Morgan fingerprint density at radius 3 is 2.33 bits per heavy atom. The molecule has 15 heavy (non-hydrogen) atoms. The topological polar surface area (TPSA) is 0 Å². The van der Waals surface area contributed by atoms with Crippen LogP contribution < -0.4 is 0 Å².